The van der Waals surface area contributed by atoms with Crippen molar-refractivity contribution in [1.82, 2.24) is 0 Å². The van der Waals surface area contributed by atoms with Crippen LogP contribution in [-0.4, -0.2) is 11.7 Å². The molecule has 0 fully saturated rings. The normalized spacial score (nSPS) is 21.1. The number of allylic oxidation sites excluding steroid dienone is 2. The number of halogens is 4. The fraction of sp³-hybridized carbons (Fsp3) is 0.304. The molecule has 1 aliphatic heterocycles. The lowest BCUT2D eigenvalue weighted by Gasteiger charge is -2.43. The van der Waals surface area contributed by atoms with Crippen LogP contribution in [0, 0.1) is 17.0 Å². The summed E-state index contributed by atoms with van der Waals surface area (Å²) in [6.45, 7) is 3.85. The van der Waals surface area contributed by atoms with Crippen LogP contribution in [0.15, 0.2) is 47.7 Å². The number of amides is 1. The van der Waals surface area contributed by atoms with Crippen LogP contribution in [0.3, 0.4) is 0 Å². The third-order valence-electron chi connectivity index (χ3n) is 5.65. The Balaban J connectivity index is 1.95. The van der Waals surface area contributed by atoms with Crippen molar-refractivity contribution < 1.29 is 18.4 Å². The van der Waals surface area contributed by atoms with Crippen LogP contribution in [0.4, 0.5) is 14.5 Å². The smallest absolute Gasteiger partial charge is 0.232 e. The van der Waals surface area contributed by atoms with Gasteiger partial charge in [-0.15, -0.1) is 0 Å². The largest absolute Gasteiger partial charge is 0.294 e. The number of carbonyl (C=O) groups excluding carboxylic acids is 2. The summed E-state index contributed by atoms with van der Waals surface area (Å²) in [6.07, 6.45) is 0.627. The molecule has 1 aliphatic carbocycles. The van der Waals surface area contributed by atoms with Crippen LogP contribution in [0.2, 0.25) is 10.0 Å². The minimum atomic E-state index is -0.856. The second kappa shape index (κ2) is 7.47. The predicted octanol–water partition coefficient (Wildman–Crippen LogP) is 6.44. The van der Waals surface area contributed by atoms with Crippen LogP contribution in [-0.2, 0) is 9.59 Å². The molecule has 0 bridgehead atoms. The Kier molecular flexibility index (Phi) is 5.23. The van der Waals surface area contributed by atoms with E-state index < -0.39 is 23.0 Å². The number of Topliss-reactive ketones (excluding diaryl/α,β-unsaturated/α-hetero) is 1. The second-order valence-corrected chi connectivity index (χ2v) is 9.31. The van der Waals surface area contributed by atoms with Crippen molar-refractivity contribution in [2.75, 3.05) is 4.90 Å². The van der Waals surface area contributed by atoms with E-state index >= 15 is 0 Å². The Bertz CT molecular complexity index is 1110. The van der Waals surface area contributed by atoms with Crippen molar-refractivity contribution in [1.29, 1.82) is 0 Å². The highest BCUT2D eigenvalue weighted by molar-refractivity contribution is 6.42. The fourth-order valence-corrected chi connectivity index (χ4v) is 4.85. The number of ketones is 1. The number of carbonyl (C=O) groups is 2. The molecule has 2 aromatic rings. The molecule has 1 unspecified atom stereocenters. The molecule has 7 heteroatoms. The lowest BCUT2D eigenvalue weighted by molar-refractivity contribution is -0.121. The first-order valence-corrected chi connectivity index (χ1v) is 10.3. The first kappa shape index (κ1) is 21.0. The van der Waals surface area contributed by atoms with Crippen molar-refractivity contribution in [3.05, 3.63) is 74.9 Å². The average molecular weight is 450 g/mol. The lowest BCUT2D eigenvalue weighted by Crippen LogP contribution is -2.44. The van der Waals surface area contributed by atoms with E-state index in [9.17, 15) is 18.4 Å². The van der Waals surface area contributed by atoms with E-state index in [0.29, 0.717) is 39.7 Å². The van der Waals surface area contributed by atoms with E-state index in [-0.39, 0.29) is 23.8 Å². The van der Waals surface area contributed by atoms with Gasteiger partial charge in [0.15, 0.2) is 5.78 Å². The van der Waals surface area contributed by atoms with Crippen molar-refractivity contribution in [3.63, 3.8) is 0 Å². The van der Waals surface area contributed by atoms with E-state index in [4.69, 9.17) is 23.2 Å². The average Bonchev–Trinajstić information content (AvgIpc) is 2.63. The second-order valence-electron chi connectivity index (χ2n) is 8.53. The SMILES string of the molecule is CC1(C)CC(=O)C2=C(C1)N(c1ccc(F)cc1F)C(=O)CC2c1cccc(Cl)c1Cl. The van der Waals surface area contributed by atoms with Crippen molar-refractivity contribution in [2.24, 2.45) is 5.41 Å². The number of hydrogen-bond donors (Lipinski definition) is 0. The summed E-state index contributed by atoms with van der Waals surface area (Å²) in [5.41, 5.74) is 1.01. The molecule has 0 saturated carbocycles. The molecule has 0 saturated heterocycles. The van der Waals surface area contributed by atoms with E-state index in [0.717, 1.165) is 12.1 Å². The summed E-state index contributed by atoms with van der Waals surface area (Å²) < 4.78 is 28.1. The fourth-order valence-electron chi connectivity index (χ4n) is 4.41. The topological polar surface area (TPSA) is 37.4 Å². The summed E-state index contributed by atoms with van der Waals surface area (Å²) in [5, 5.41) is 0.627. The summed E-state index contributed by atoms with van der Waals surface area (Å²) >= 11 is 12.6. The molecule has 3 nitrogen and oxygen atoms in total. The maximum absolute atomic E-state index is 14.6. The minimum Gasteiger partial charge on any atom is -0.294 e. The van der Waals surface area contributed by atoms with Crippen LogP contribution >= 0.6 is 23.2 Å². The van der Waals surface area contributed by atoms with E-state index in [2.05, 4.69) is 0 Å². The van der Waals surface area contributed by atoms with Gasteiger partial charge in [-0.2, -0.15) is 0 Å². The molecule has 1 amide bonds. The van der Waals surface area contributed by atoms with Crippen LogP contribution in [0.5, 0.6) is 0 Å². The van der Waals surface area contributed by atoms with Gasteiger partial charge in [0.1, 0.15) is 11.6 Å². The molecule has 1 atom stereocenters. The first-order chi connectivity index (χ1) is 14.1. The van der Waals surface area contributed by atoms with Crippen LogP contribution in [0.1, 0.15) is 44.6 Å². The molecule has 2 aliphatic rings. The maximum atomic E-state index is 14.6. The minimum absolute atomic E-state index is 0.0601. The zero-order valence-electron chi connectivity index (χ0n) is 16.4. The molecule has 0 N–H and O–H groups in total. The predicted molar refractivity (Wildman–Crippen MR) is 113 cm³/mol. The molecule has 0 aromatic heterocycles. The Labute approximate surface area is 183 Å². The van der Waals surface area contributed by atoms with Gasteiger partial charge in [-0.3, -0.25) is 14.5 Å². The van der Waals surface area contributed by atoms with Crippen molar-refractivity contribution in [2.45, 2.75) is 39.0 Å². The molecular formula is C23H19Cl2F2NO2. The highest BCUT2D eigenvalue weighted by Crippen LogP contribution is 2.49. The Hall–Kier alpha value is -2.24. The molecule has 156 valence electrons. The molecule has 0 radical (unpaired) electrons. The van der Waals surface area contributed by atoms with Gasteiger partial charge >= 0.3 is 0 Å². The van der Waals surface area contributed by atoms with E-state index in [1.165, 1.54) is 11.0 Å². The maximum Gasteiger partial charge on any atom is 0.232 e. The van der Waals surface area contributed by atoms with Gasteiger partial charge in [0.05, 0.1) is 15.7 Å². The van der Waals surface area contributed by atoms with Gasteiger partial charge in [-0.1, -0.05) is 49.2 Å². The third-order valence-corrected chi connectivity index (χ3v) is 6.48. The Morgan fingerprint density at radius 1 is 1.07 bits per heavy atom. The van der Waals surface area contributed by atoms with Gasteiger partial charge in [0, 0.05) is 36.1 Å². The number of hydrogen-bond acceptors (Lipinski definition) is 2. The van der Waals surface area contributed by atoms with Crippen molar-refractivity contribution in [3.8, 4) is 0 Å². The van der Waals surface area contributed by atoms with Crippen LogP contribution < -0.4 is 4.90 Å². The number of nitrogens with zero attached hydrogens (tertiary/aromatic N) is 1. The Morgan fingerprint density at radius 3 is 2.50 bits per heavy atom. The molecule has 0 spiro atoms. The van der Waals surface area contributed by atoms with Gasteiger partial charge in [0.2, 0.25) is 5.91 Å². The number of benzene rings is 2. The number of rotatable bonds is 2. The Morgan fingerprint density at radius 2 is 1.80 bits per heavy atom. The summed E-state index contributed by atoms with van der Waals surface area (Å²) in [4.78, 5) is 27.7. The standard InChI is InChI=1S/C23H19Cl2F2NO2/c1-23(2)10-18-21(19(29)11-23)14(13-4-3-5-15(24)22(13)25)9-20(30)28(18)17-7-6-12(26)8-16(17)27/h3-8,14H,9-11H2,1-2H3. The van der Waals surface area contributed by atoms with Gasteiger partial charge in [-0.25, -0.2) is 8.78 Å². The molecule has 1 heterocycles. The zero-order chi connectivity index (χ0) is 21.8. The quantitative estimate of drug-likeness (QED) is 0.529. The lowest BCUT2D eigenvalue weighted by atomic mass is 9.69. The molecule has 30 heavy (non-hydrogen) atoms. The first-order valence-electron chi connectivity index (χ1n) is 9.57. The summed E-state index contributed by atoms with van der Waals surface area (Å²) in [7, 11) is 0. The molecule has 4 rings (SSSR count). The van der Waals surface area contributed by atoms with E-state index in [1.807, 2.05) is 13.8 Å². The third kappa shape index (κ3) is 3.54. The monoisotopic (exact) mass is 449 g/mol. The highest BCUT2D eigenvalue weighted by Gasteiger charge is 2.45. The number of anilines is 1. The zero-order valence-corrected chi connectivity index (χ0v) is 18.0. The summed E-state index contributed by atoms with van der Waals surface area (Å²) in [5.74, 6) is -2.65. The van der Waals surface area contributed by atoms with E-state index in [1.54, 1.807) is 18.2 Å². The van der Waals surface area contributed by atoms with Gasteiger partial charge < -0.3 is 0 Å². The molecule has 2 aromatic carbocycles. The van der Waals surface area contributed by atoms with Gasteiger partial charge in [-0.05, 0) is 35.6 Å². The van der Waals surface area contributed by atoms with Gasteiger partial charge in [0.25, 0.3) is 0 Å². The summed E-state index contributed by atoms with van der Waals surface area (Å²) in [6, 6.07) is 8.17. The van der Waals surface area contributed by atoms with Crippen LogP contribution in [0.25, 0.3) is 0 Å². The molecular weight excluding hydrogens is 431 g/mol. The van der Waals surface area contributed by atoms with Crippen molar-refractivity contribution >= 4 is 40.6 Å². The highest BCUT2D eigenvalue weighted by atomic mass is 35.5.